The number of halogens is 1. The van der Waals surface area contributed by atoms with E-state index in [1.807, 2.05) is 0 Å². The van der Waals surface area contributed by atoms with Crippen LogP contribution in [0.4, 0.5) is 4.39 Å². The fourth-order valence-corrected chi connectivity index (χ4v) is 3.61. The largest absolute Gasteiger partial charge is 0.493 e. The van der Waals surface area contributed by atoms with Crippen LogP contribution in [-0.4, -0.2) is 69.9 Å². The first-order chi connectivity index (χ1) is 13.2. The van der Waals surface area contributed by atoms with Gasteiger partial charge in [-0.15, -0.1) is 0 Å². The normalized spacial score (nSPS) is 23.7. The molecule has 2 heterocycles. The molecule has 2 fully saturated rings. The molecule has 0 spiro atoms. The molecule has 1 aromatic carbocycles. The van der Waals surface area contributed by atoms with Gasteiger partial charge in [0, 0.05) is 44.7 Å². The van der Waals surface area contributed by atoms with E-state index >= 15 is 0 Å². The highest BCUT2D eigenvalue weighted by molar-refractivity contribution is 5.79. The average molecular weight is 379 g/mol. The molecule has 7 heteroatoms. The second-order valence-electron chi connectivity index (χ2n) is 7.32. The summed E-state index contributed by atoms with van der Waals surface area (Å²) >= 11 is 0. The van der Waals surface area contributed by atoms with Gasteiger partial charge in [-0.25, -0.2) is 4.39 Å². The van der Waals surface area contributed by atoms with Crippen molar-refractivity contribution < 1.29 is 18.7 Å². The molecule has 2 aliphatic rings. The van der Waals surface area contributed by atoms with Crippen LogP contribution in [0.2, 0.25) is 0 Å². The lowest BCUT2D eigenvalue weighted by Gasteiger charge is -2.29. The third-order valence-electron chi connectivity index (χ3n) is 5.15. The quantitative estimate of drug-likeness (QED) is 0.666. The van der Waals surface area contributed by atoms with Crippen LogP contribution in [0, 0.1) is 17.7 Å². The highest BCUT2D eigenvalue weighted by Gasteiger charge is 2.27. The topological polar surface area (TPSA) is 62.8 Å². The molecule has 1 amide bonds. The van der Waals surface area contributed by atoms with Crippen molar-refractivity contribution in [3.05, 3.63) is 30.1 Å². The van der Waals surface area contributed by atoms with E-state index in [0.717, 1.165) is 52.2 Å². The van der Waals surface area contributed by atoms with Crippen LogP contribution >= 0.6 is 0 Å². The summed E-state index contributed by atoms with van der Waals surface area (Å²) < 4.78 is 24.2. The number of hydrogen-bond acceptors (Lipinski definition) is 5. The smallest absolute Gasteiger partial charge is 0.224 e. The fraction of sp³-hybridized carbons (Fsp3) is 0.650. The molecule has 1 aromatic rings. The summed E-state index contributed by atoms with van der Waals surface area (Å²) in [6.45, 7) is 7.27. The lowest BCUT2D eigenvalue weighted by molar-refractivity contribution is -0.126. The number of amides is 1. The summed E-state index contributed by atoms with van der Waals surface area (Å²) in [6, 6.07) is 6.16. The summed E-state index contributed by atoms with van der Waals surface area (Å²) in [4.78, 5) is 14.8. The van der Waals surface area contributed by atoms with Crippen molar-refractivity contribution >= 4 is 5.91 Å². The molecule has 2 aliphatic heterocycles. The molecule has 2 saturated heterocycles. The number of piperidine rings is 1. The second kappa shape index (κ2) is 10.6. The Morgan fingerprint density at radius 3 is 3.00 bits per heavy atom. The molecule has 0 radical (unpaired) electrons. The number of carbonyl (C=O) groups excluding carboxylic acids is 1. The molecular weight excluding hydrogens is 349 g/mol. The van der Waals surface area contributed by atoms with E-state index in [-0.39, 0.29) is 23.6 Å². The van der Waals surface area contributed by atoms with E-state index < -0.39 is 0 Å². The second-order valence-corrected chi connectivity index (χ2v) is 7.32. The summed E-state index contributed by atoms with van der Waals surface area (Å²) in [5, 5.41) is 6.39. The van der Waals surface area contributed by atoms with Crippen molar-refractivity contribution in [1.29, 1.82) is 0 Å². The maximum absolute atomic E-state index is 13.2. The summed E-state index contributed by atoms with van der Waals surface area (Å²) in [7, 11) is 0. The number of carbonyl (C=O) groups is 1. The van der Waals surface area contributed by atoms with Crippen molar-refractivity contribution in [2.24, 2.45) is 11.8 Å². The number of ether oxygens (including phenoxy) is 2. The molecule has 2 atom stereocenters. The Kier molecular flexibility index (Phi) is 7.86. The minimum Gasteiger partial charge on any atom is -0.493 e. The Labute approximate surface area is 160 Å². The molecule has 0 saturated carbocycles. The van der Waals surface area contributed by atoms with Crippen molar-refractivity contribution in [2.45, 2.75) is 12.8 Å². The summed E-state index contributed by atoms with van der Waals surface area (Å²) in [6.07, 6.45) is 1.75. The monoisotopic (exact) mass is 379 g/mol. The zero-order valence-corrected chi connectivity index (χ0v) is 15.8. The standard InChI is InChI=1S/C20H30FN3O3/c21-18-3-1-4-19(12-18)27-15-16-11-17(14-22-13-16)20(25)23-5-2-6-24-7-9-26-10-8-24/h1,3-4,12,16-17,22H,2,5-11,13-15H2,(H,23,25)/t16-,17+/m0/s1. The maximum Gasteiger partial charge on any atom is 0.224 e. The minimum atomic E-state index is -0.302. The first kappa shape index (κ1) is 20.0. The van der Waals surface area contributed by atoms with Crippen LogP contribution in [0.15, 0.2) is 24.3 Å². The van der Waals surface area contributed by atoms with Gasteiger partial charge in [-0.2, -0.15) is 0 Å². The Morgan fingerprint density at radius 1 is 1.33 bits per heavy atom. The van der Waals surface area contributed by atoms with Crippen LogP contribution in [0.3, 0.4) is 0 Å². The van der Waals surface area contributed by atoms with Gasteiger partial charge in [0.2, 0.25) is 5.91 Å². The lowest BCUT2D eigenvalue weighted by Crippen LogP contribution is -2.46. The number of nitrogens with zero attached hydrogens (tertiary/aromatic N) is 1. The van der Waals surface area contributed by atoms with Gasteiger partial charge in [-0.3, -0.25) is 9.69 Å². The van der Waals surface area contributed by atoms with Crippen LogP contribution in [0.5, 0.6) is 5.75 Å². The maximum atomic E-state index is 13.2. The van der Waals surface area contributed by atoms with Crippen LogP contribution < -0.4 is 15.4 Å². The minimum absolute atomic E-state index is 0.0387. The first-order valence-electron chi connectivity index (χ1n) is 9.87. The number of benzene rings is 1. The van der Waals surface area contributed by atoms with Crippen molar-refractivity contribution in [2.75, 3.05) is 59.1 Å². The Hall–Kier alpha value is -1.70. The lowest BCUT2D eigenvalue weighted by atomic mass is 9.90. The van der Waals surface area contributed by atoms with Gasteiger partial charge < -0.3 is 20.1 Å². The third-order valence-corrected chi connectivity index (χ3v) is 5.15. The van der Waals surface area contributed by atoms with Gasteiger partial charge in [0.15, 0.2) is 0 Å². The Balaban J connectivity index is 1.33. The summed E-state index contributed by atoms with van der Waals surface area (Å²) in [5.41, 5.74) is 0. The van der Waals surface area contributed by atoms with Crippen molar-refractivity contribution in [3.8, 4) is 5.75 Å². The highest BCUT2D eigenvalue weighted by Crippen LogP contribution is 2.19. The molecule has 27 heavy (non-hydrogen) atoms. The number of morpholine rings is 1. The Bertz CT molecular complexity index is 596. The zero-order valence-electron chi connectivity index (χ0n) is 15.8. The van der Waals surface area contributed by atoms with E-state index in [9.17, 15) is 9.18 Å². The van der Waals surface area contributed by atoms with Gasteiger partial charge in [-0.05, 0) is 31.5 Å². The molecular formula is C20H30FN3O3. The van der Waals surface area contributed by atoms with E-state index in [1.54, 1.807) is 12.1 Å². The van der Waals surface area contributed by atoms with Crippen molar-refractivity contribution in [1.82, 2.24) is 15.5 Å². The Morgan fingerprint density at radius 2 is 2.19 bits per heavy atom. The van der Waals surface area contributed by atoms with E-state index in [4.69, 9.17) is 9.47 Å². The molecule has 6 nitrogen and oxygen atoms in total. The third kappa shape index (κ3) is 6.75. The predicted octanol–water partition coefficient (Wildman–Crippen LogP) is 1.27. The predicted molar refractivity (Wildman–Crippen MR) is 101 cm³/mol. The van der Waals surface area contributed by atoms with Crippen LogP contribution in [-0.2, 0) is 9.53 Å². The van der Waals surface area contributed by atoms with Gasteiger partial charge in [0.1, 0.15) is 11.6 Å². The zero-order chi connectivity index (χ0) is 18.9. The fourth-order valence-electron chi connectivity index (χ4n) is 3.61. The average Bonchev–Trinajstić information content (AvgIpc) is 2.70. The molecule has 0 bridgehead atoms. The molecule has 2 N–H and O–H groups in total. The van der Waals surface area contributed by atoms with Crippen LogP contribution in [0.25, 0.3) is 0 Å². The highest BCUT2D eigenvalue weighted by atomic mass is 19.1. The van der Waals surface area contributed by atoms with E-state index in [2.05, 4.69) is 15.5 Å². The van der Waals surface area contributed by atoms with E-state index in [0.29, 0.717) is 25.4 Å². The molecule has 3 rings (SSSR count). The number of rotatable bonds is 8. The number of hydrogen-bond donors (Lipinski definition) is 2. The summed E-state index contributed by atoms with van der Waals surface area (Å²) in [5.74, 6) is 0.544. The van der Waals surface area contributed by atoms with Gasteiger partial charge in [-0.1, -0.05) is 6.07 Å². The molecule has 150 valence electrons. The molecule has 0 aromatic heterocycles. The molecule has 0 aliphatic carbocycles. The van der Waals surface area contributed by atoms with Crippen LogP contribution in [0.1, 0.15) is 12.8 Å². The van der Waals surface area contributed by atoms with Gasteiger partial charge >= 0.3 is 0 Å². The number of nitrogens with one attached hydrogen (secondary N) is 2. The van der Waals surface area contributed by atoms with Gasteiger partial charge in [0.25, 0.3) is 0 Å². The first-order valence-corrected chi connectivity index (χ1v) is 9.87. The molecule has 0 unspecified atom stereocenters. The SMILES string of the molecule is O=C(NCCCN1CCOCC1)[C@H]1CNC[C@@H](COc2cccc(F)c2)C1. The van der Waals surface area contributed by atoms with Crippen molar-refractivity contribution in [3.63, 3.8) is 0 Å². The van der Waals surface area contributed by atoms with E-state index in [1.165, 1.54) is 12.1 Å². The van der Waals surface area contributed by atoms with Gasteiger partial charge in [0.05, 0.1) is 25.7 Å².